The van der Waals surface area contributed by atoms with E-state index in [0.717, 1.165) is 49.7 Å². The number of hydrogen-bond acceptors (Lipinski definition) is 10. The highest BCUT2D eigenvalue weighted by atomic mass is 35.5. The molecule has 0 radical (unpaired) electrons. The fourth-order valence-electron chi connectivity index (χ4n) is 4.38. The van der Waals surface area contributed by atoms with Gasteiger partial charge < -0.3 is 15.2 Å². The molecule has 0 bridgehead atoms. The van der Waals surface area contributed by atoms with E-state index in [1.54, 1.807) is 10.7 Å². The second-order valence-electron chi connectivity index (χ2n) is 8.82. The Hall–Kier alpha value is -1.63. The second-order valence-corrected chi connectivity index (χ2v) is 12.2. The number of nitrogen functional groups attached to an aromatic ring is 1. The Kier molecular flexibility index (Phi) is 6.68. The van der Waals surface area contributed by atoms with E-state index in [4.69, 9.17) is 26.8 Å². The normalized spacial score (nSPS) is 17.4. The van der Waals surface area contributed by atoms with Crippen molar-refractivity contribution >= 4 is 55.4 Å². The van der Waals surface area contributed by atoms with Crippen molar-refractivity contribution in [2.75, 3.05) is 45.2 Å². The molecule has 2 N–H and O–H groups in total. The molecular formula is C22H25ClN6O2S3. The van der Waals surface area contributed by atoms with Crippen LogP contribution >= 0.6 is 49.5 Å². The number of halogens is 1. The van der Waals surface area contributed by atoms with Crippen LogP contribution in [0.3, 0.4) is 0 Å². The van der Waals surface area contributed by atoms with Crippen molar-refractivity contribution < 1.29 is 9.47 Å². The first-order valence-corrected chi connectivity index (χ1v) is 12.5. The molecule has 2 aliphatic rings. The number of para-hydroxylation sites is 1. The van der Waals surface area contributed by atoms with Gasteiger partial charge in [0.2, 0.25) is 5.95 Å². The van der Waals surface area contributed by atoms with Crippen LogP contribution in [0.2, 0.25) is 5.15 Å². The van der Waals surface area contributed by atoms with Crippen molar-refractivity contribution in [1.29, 1.82) is 0 Å². The van der Waals surface area contributed by atoms with Gasteiger partial charge in [-0.15, -0.1) is 37.9 Å². The number of thiol groups is 3. The van der Waals surface area contributed by atoms with Crippen LogP contribution < -0.4 is 10.5 Å². The van der Waals surface area contributed by atoms with Gasteiger partial charge in [0.1, 0.15) is 23.2 Å². The Bertz CT molecular complexity index is 1170. The summed E-state index contributed by atoms with van der Waals surface area (Å²) in [6.45, 7) is 5.45. The molecule has 2 aliphatic heterocycles. The van der Waals surface area contributed by atoms with E-state index < -0.39 is 3.54 Å². The summed E-state index contributed by atoms with van der Waals surface area (Å²) in [6, 6.07) is 9.61. The third kappa shape index (κ3) is 5.14. The Labute approximate surface area is 219 Å². The molecule has 0 unspecified atom stereocenters. The van der Waals surface area contributed by atoms with Crippen LogP contribution in [0.25, 0.3) is 11.4 Å². The van der Waals surface area contributed by atoms with Gasteiger partial charge in [-0.05, 0) is 11.6 Å². The number of aromatic nitrogens is 4. The molecule has 5 rings (SSSR count). The van der Waals surface area contributed by atoms with Gasteiger partial charge in [-0.2, -0.15) is 5.10 Å². The van der Waals surface area contributed by atoms with E-state index in [1.165, 1.54) is 0 Å². The van der Waals surface area contributed by atoms with Gasteiger partial charge >= 0.3 is 0 Å². The van der Waals surface area contributed by atoms with E-state index in [0.29, 0.717) is 29.8 Å². The summed E-state index contributed by atoms with van der Waals surface area (Å²) in [6.07, 6.45) is 2.38. The zero-order chi connectivity index (χ0) is 23.9. The van der Waals surface area contributed by atoms with Gasteiger partial charge in [-0.3, -0.25) is 4.90 Å². The third-order valence-corrected chi connectivity index (χ3v) is 6.81. The summed E-state index contributed by atoms with van der Waals surface area (Å²) >= 11 is 19.4. The fraction of sp³-hybridized carbons (Fsp3) is 0.409. The number of rotatable bonds is 8. The summed E-state index contributed by atoms with van der Waals surface area (Å²) in [5, 5.41) is 4.85. The standard InChI is InChI=1S/C22H25ClN6O2S3/c23-18-8-16(25-20(24)26-18)19-15(9-29(27-19)22(32,33)34)7-14-3-1-2-4-17(14)31-6-5-28-10-21(11-28)12-30-13-21/h1-4,8-9,32-34H,5-7,10-13H2,(H2,24,25,26). The molecule has 34 heavy (non-hydrogen) atoms. The molecule has 12 heteroatoms. The van der Waals surface area contributed by atoms with Gasteiger partial charge in [0.25, 0.3) is 0 Å². The summed E-state index contributed by atoms with van der Waals surface area (Å²) in [5.41, 5.74) is 9.23. The number of nitrogens with zero attached hydrogens (tertiary/aromatic N) is 5. The van der Waals surface area contributed by atoms with Crippen LogP contribution in [0.5, 0.6) is 5.75 Å². The lowest BCUT2D eigenvalue weighted by molar-refractivity contribution is -0.189. The van der Waals surface area contributed by atoms with E-state index >= 15 is 0 Å². The summed E-state index contributed by atoms with van der Waals surface area (Å²) in [7, 11) is 0. The molecule has 2 fully saturated rings. The van der Waals surface area contributed by atoms with Crippen molar-refractivity contribution in [3.05, 3.63) is 52.8 Å². The van der Waals surface area contributed by atoms with Gasteiger partial charge in [0.15, 0.2) is 3.54 Å². The highest BCUT2D eigenvalue weighted by Crippen LogP contribution is 2.37. The van der Waals surface area contributed by atoms with Gasteiger partial charge in [0, 0.05) is 49.3 Å². The minimum absolute atomic E-state index is 0.0712. The number of hydrogen-bond donors (Lipinski definition) is 4. The molecule has 1 aromatic carbocycles. The zero-order valence-electron chi connectivity index (χ0n) is 18.3. The van der Waals surface area contributed by atoms with Crippen molar-refractivity contribution in [1.82, 2.24) is 24.6 Å². The predicted molar refractivity (Wildman–Crippen MR) is 142 cm³/mol. The molecule has 0 aliphatic carbocycles. The highest BCUT2D eigenvalue weighted by Gasteiger charge is 2.48. The summed E-state index contributed by atoms with van der Waals surface area (Å²) in [4.78, 5) is 10.7. The number of likely N-dealkylation sites (tertiary alicyclic amines) is 1. The Morgan fingerprint density at radius 1 is 1.15 bits per heavy atom. The maximum atomic E-state index is 6.18. The van der Waals surface area contributed by atoms with Crippen LogP contribution in [0.15, 0.2) is 36.5 Å². The minimum atomic E-state index is -1.11. The predicted octanol–water partition coefficient (Wildman–Crippen LogP) is 3.23. The van der Waals surface area contributed by atoms with Crippen molar-refractivity contribution in [2.24, 2.45) is 5.41 Å². The first kappa shape index (κ1) is 24.1. The first-order valence-electron chi connectivity index (χ1n) is 10.8. The van der Waals surface area contributed by atoms with Crippen LogP contribution in [-0.4, -0.2) is 64.1 Å². The molecule has 0 saturated carbocycles. The average Bonchev–Trinajstić information content (AvgIpc) is 3.13. The molecule has 0 amide bonds. The maximum Gasteiger partial charge on any atom is 0.222 e. The van der Waals surface area contributed by atoms with Gasteiger partial charge in [-0.1, -0.05) is 29.8 Å². The highest BCUT2D eigenvalue weighted by molar-refractivity contribution is 8.15. The van der Waals surface area contributed by atoms with E-state index in [-0.39, 0.29) is 11.1 Å². The van der Waals surface area contributed by atoms with Gasteiger partial charge in [-0.25, -0.2) is 14.6 Å². The Balaban J connectivity index is 1.35. The molecule has 8 nitrogen and oxygen atoms in total. The number of benzene rings is 1. The molecule has 0 atom stereocenters. The lowest BCUT2D eigenvalue weighted by Gasteiger charge is -2.55. The number of nitrogens with two attached hydrogens (primary N) is 1. The van der Waals surface area contributed by atoms with Crippen LogP contribution in [0, 0.1) is 5.41 Å². The smallest absolute Gasteiger partial charge is 0.222 e. The van der Waals surface area contributed by atoms with E-state index in [9.17, 15) is 0 Å². The molecule has 4 heterocycles. The lowest BCUT2D eigenvalue weighted by Crippen LogP contribution is -2.66. The molecule has 2 saturated heterocycles. The summed E-state index contributed by atoms with van der Waals surface area (Å²) < 4.78 is 12.0. The SMILES string of the molecule is Nc1nc(Cl)cc(-c2nn(C(S)(S)S)cc2Cc2ccccc2OCCN2CC3(COC3)C2)n1. The topological polar surface area (TPSA) is 91.3 Å². The molecule has 1 spiro atoms. The number of ether oxygens (including phenoxy) is 2. The molecule has 180 valence electrons. The fourth-order valence-corrected chi connectivity index (χ4v) is 4.88. The van der Waals surface area contributed by atoms with Crippen molar-refractivity contribution in [3.63, 3.8) is 0 Å². The molecular weight excluding hydrogens is 512 g/mol. The largest absolute Gasteiger partial charge is 0.492 e. The monoisotopic (exact) mass is 536 g/mol. The zero-order valence-corrected chi connectivity index (χ0v) is 21.7. The second kappa shape index (κ2) is 9.44. The summed E-state index contributed by atoms with van der Waals surface area (Å²) in [5.74, 6) is 0.902. The quantitative estimate of drug-likeness (QED) is 0.200. The third-order valence-electron chi connectivity index (χ3n) is 6.01. The minimum Gasteiger partial charge on any atom is -0.492 e. The van der Waals surface area contributed by atoms with E-state index in [1.807, 2.05) is 30.5 Å². The average molecular weight is 537 g/mol. The van der Waals surface area contributed by atoms with Crippen LogP contribution in [0.4, 0.5) is 5.95 Å². The molecule has 2 aromatic heterocycles. The van der Waals surface area contributed by atoms with Crippen molar-refractivity contribution in [2.45, 2.75) is 9.96 Å². The Morgan fingerprint density at radius 2 is 1.91 bits per heavy atom. The first-order chi connectivity index (χ1) is 16.2. The Morgan fingerprint density at radius 3 is 2.59 bits per heavy atom. The van der Waals surface area contributed by atoms with Gasteiger partial charge in [0.05, 0.1) is 18.9 Å². The lowest BCUT2D eigenvalue weighted by atomic mass is 9.78. The maximum absolute atomic E-state index is 6.18. The van der Waals surface area contributed by atoms with E-state index in [2.05, 4.69) is 57.9 Å². The van der Waals surface area contributed by atoms with Crippen molar-refractivity contribution in [3.8, 4) is 17.1 Å². The van der Waals surface area contributed by atoms with Crippen LogP contribution in [0.1, 0.15) is 11.1 Å². The number of anilines is 1. The molecule has 3 aromatic rings. The van der Waals surface area contributed by atoms with Crippen LogP contribution in [-0.2, 0) is 14.7 Å².